The van der Waals surface area contributed by atoms with Crippen LogP contribution < -0.4 is 10.5 Å². The van der Waals surface area contributed by atoms with E-state index < -0.39 is 5.82 Å². The second kappa shape index (κ2) is 4.67. The molecule has 2 N–H and O–H groups in total. The van der Waals surface area contributed by atoms with Crippen LogP contribution in [0, 0.1) is 24.1 Å². The maximum absolute atomic E-state index is 13.6. The molecular weight excluding hydrogens is 235 g/mol. The predicted molar refractivity (Wildman–Crippen MR) is 62.4 cm³/mol. The van der Waals surface area contributed by atoms with Gasteiger partial charge in [0.05, 0.1) is 11.6 Å². The molecule has 0 saturated heterocycles. The highest BCUT2D eigenvalue weighted by Gasteiger charge is 2.08. The van der Waals surface area contributed by atoms with Gasteiger partial charge in [0.15, 0.2) is 11.6 Å². The van der Waals surface area contributed by atoms with Gasteiger partial charge in [0.2, 0.25) is 5.88 Å². The molecule has 0 unspecified atom stereocenters. The molecule has 0 radical (unpaired) electrons. The fourth-order valence-corrected chi connectivity index (χ4v) is 1.38. The number of aryl methyl sites for hydroxylation is 1. The Morgan fingerprint density at radius 1 is 1.33 bits per heavy atom. The molecule has 0 amide bonds. The van der Waals surface area contributed by atoms with Crippen LogP contribution in [0.1, 0.15) is 11.4 Å². The largest absolute Gasteiger partial charge is 0.436 e. The lowest BCUT2D eigenvalue weighted by Gasteiger charge is -2.07. The molecule has 0 spiro atoms. The normalized spacial score (nSPS) is 9.83. The van der Waals surface area contributed by atoms with Crippen LogP contribution in [0.5, 0.6) is 11.6 Å². The third kappa shape index (κ3) is 2.52. The number of nitrogens with zero attached hydrogens (tertiary/aromatic N) is 3. The zero-order valence-corrected chi connectivity index (χ0v) is 9.51. The fourth-order valence-electron chi connectivity index (χ4n) is 1.38. The Morgan fingerprint density at radius 3 is 2.72 bits per heavy atom. The number of hydrogen-bond donors (Lipinski definition) is 1. The van der Waals surface area contributed by atoms with Crippen molar-refractivity contribution in [3.05, 3.63) is 41.5 Å². The van der Waals surface area contributed by atoms with Crippen molar-refractivity contribution in [2.45, 2.75) is 6.92 Å². The summed E-state index contributed by atoms with van der Waals surface area (Å²) >= 11 is 0. The van der Waals surface area contributed by atoms with Crippen molar-refractivity contribution in [1.82, 2.24) is 9.97 Å². The van der Waals surface area contributed by atoms with E-state index in [4.69, 9.17) is 15.7 Å². The van der Waals surface area contributed by atoms with Crippen LogP contribution in [-0.4, -0.2) is 9.97 Å². The highest BCUT2D eigenvalue weighted by Crippen LogP contribution is 2.24. The zero-order chi connectivity index (χ0) is 13.1. The minimum Gasteiger partial charge on any atom is -0.436 e. The number of nitriles is 1. The minimum atomic E-state index is -0.635. The number of hydrogen-bond acceptors (Lipinski definition) is 5. The van der Waals surface area contributed by atoms with Crippen molar-refractivity contribution in [2.75, 3.05) is 5.73 Å². The maximum Gasteiger partial charge on any atom is 0.224 e. The summed E-state index contributed by atoms with van der Waals surface area (Å²) in [6.07, 6.45) is 0. The number of nitrogens with two attached hydrogens (primary N) is 1. The van der Waals surface area contributed by atoms with E-state index in [1.807, 2.05) is 6.07 Å². The molecule has 0 aliphatic heterocycles. The van der Waals surface area contributed by atoms with E-state index >= 15 is 0 Å². The molecule has 0 bridgehead atoms. The molecule has 6 heteroatoms. The lowest BCUT2D eigenvalue weighted by atomic mass is 10.2. The van der Waals surface area contributed by atoms with Gasteiger partial charge in [-0.25, -0.2) is 9.37 Å². The van der Waals surface area contributed by atoms with E-state index in [1.165, 1.54) is 18.2 Å². The fraction of sp³-hybridized carbons (Fsp3) is 0.0833. The Balaban J connectivity index is 2.31. The first kappa shape index (κ1) is 11.8. The monoisotopic (exact) mass is 244 g/mol. The van der Waals surface area contributed by atoms with Gasteiger partial charge in [-0.05, 0) is 25.1 Å². The zero-order valence-electron chi connectivity index (χ0n) is 9.51. The smallest absolute Gasteiger partial charge is 0.224 e. The van der Waals surface area contributed by atoms with Crippen LogP contribution in [0.3, 0.4) is 0 Å². The van der Waals surface area contributed by atoms with Crippen molar-refractivity contribution in [3.63, 3.8) is 0 Å². The van der Waals surface area contributed by atoms with Gasteiger partial charge in [-0.1, -0.05) is 0 Å². The number of aromatic nitrogens is 2. The maximum atomic E-state index is 13.6. The number of rotatable bonds is 2. The van der Waals surface area contributed by atoms with Gasteiger partial charge in [0.1, 0.15) is 11.6 Å². The number of halogens is 1. The van der Waals surface area contributed by atoms with Crippen LogP contribution in [0.15, 0.2) is 24.3 Å². The summed E-state index contributed by atoms with van der Waals surface area (Å²) in [5.41, 5.74) is 5.75. The van der Waals surface area contributed by atoms with Gasteiger partial charge in [-0.2, -0.15) is 10.2 Å². The van der Waals surface area contributed by atoms with E-state index in [1.54, 1.807) is 6.92 Å². The number of ether oxygens (including phenoxy) is 1. The summed E-state index contributed by atoms with van der Waals surface area (Å²) in [4.78, 5) is 7.84. The molecule has 2 aromatic rings. The third-order valence-corrected chi connectivity index (χ3v) is 2.11. The SMILES string of the molecule is Cc1nc(N)cc(Oc2ccc(C#N)cc2F)n1. The highest BCUT2D eigenvalue weighted by molar-refractivity contribution is 5.39. The first-order valence-electron chi connectivity index (χ1n) is 5.07. The van der Waals surface area contributed by atoms with Crippen LogP contribution in [0.2, 0.25) is 0 Å². The van der Waals surface area contributed by atoms with E-state index in [9.17, 15) is 4.39 Å². The van der Waals surface area contributed by atoms with Gasteiger partial charge in [-0.15, -0.1) is 0 Å². The lowest BCUT2D eigenvalue weighted by molar-refractivity contribution is 0.425. The van der Waals surface area contributed by atoms with Crippen LogP contribution >= 0.6 is 0 Å². The Bertz CT molecular complexity index is 616. The Kier molecular flexibility index (Phi) is 3.06. The van der Waals surface area contributed by atoms with Crippen molar-refractivity contribution in [2.24, 2.45) is 0 Å². The number of benzene rings is 1. The predicted octanol–water partition coefficient (Wildman–Crippen LogP) is 2.17. The number of nitrogen functional groups attached to an aromatic ring is 1. The topological polar surface area (TPSA) is 84.8 Å². The van der Waals surface area contributed by atoms with Gasteiger partial charge in [0, 0.05) is 6.07 Å². The molecule has 0 aliphatic carbocycles. The molecular formula is C12H9FN4O. The van der Waals surface area contributed by atoms with Crippen molar-refractivity contribution in [1.29, 1.82) is 5.26 Å². The van der Waals surface area contributed by atoms with Crippen LogP contribution in [0.4, 0.5) is 10.2 Å². The summed E-state index contributed by atoms with van der Waals surface area (Å²) in [7, 11) is 0. The quantitative estimate of drug-likeness (QED) is 0.875. The molecule has 0 saturated carbocycles. The van der Waals surface area contributed by atoms with Crippen molar-refractivity contribution >= 4 is 5.82 Å². The van der Waals surface area contributed by atoms with Crippen LogP contribution in [0.25, 0.3) is 0 Å². The molecule has 0 aliphatic rings. The molecule has 5 nitrogen and oxygen atoms in total. The molecule has 1 aromatic heterocycles. The Labute approximate surface area is 103 Å². The summed E-state index contributed by atoms with van der Waals surface area (Å²) in [6.45, 7) is 1.65. The second-order valence-electron chi connectivity index (χ2n) is 3.54. The Morgan fingerprint density at radius 2 is 2.11 bits per heavy atom. The van der Waals surface area contributed by atoms with Gasteiger partial charge in [-0.3, -0.25) is 0 Å². The molecule has 90 valence electrons. The summed E-state index contributed by atoms with van der Waals surface area (Å²) in [5.74, 6) is 0.171. The van der Waals surface area contributed by atoms with E-state index in [0.717, 1.165) is 6.07 Å². The number of anilines is 1. The van der Waals surface area contributed by atoms with E-state index in [-0.39, 0.29) is 23.0 Å². The Hall–Kier alpha value is -2.68. The lowest BCUT2D eigenvalue weighted by Crippen LogP contribution is -1.98. The average Bonchev–Trinajstić information content (AvgIpc) is 2.30. The molecule has 0 atom stereocenters. The third-order valence-electron chi connectivity index (χ3n) is 2.11. The second-order valence-corrected chi connectivity index (χ2v) is 3.54. The van der Waals surface area contributed by atoms with Crippen molar-refractivity contribution < 1.29 is 9.13 Å². The van der Waals surface area contributed by atoms with Gasteiger partial charge < -0.3 is 10.5 Å². The van der Waals surface area contributed by atoms with Crippen molar-refractivity contribution in [3.8, 4) is 17.7 Å². The van der Waals surface area contributed by atoms with E-state index in [2.05, 4.69) is 9.97 Å². The van der Waals surface area contributed by atoms with E-state index in [0.29, 0.717) is 5.82 Å². The summed E-state index contributed by atoms with van der Waals surface area (Å²) in [5, 5.41) is 8.62. The van der Waals surface area contributed by atoms with Gasteiger partial charge >= 0.3 is 0 Å². The molecule has 0 fully saturated rings. The van der Waals surface area contributed by atoms with Crippen LogP contribution in [-0.2, 0) is 0 Å². The average molecular weight is 244 g/mol. The first-order valence-corrected chi connectivity index (χ1v) is 5.07. The highest BCUT2D eigenvalue weighted by atomic mass is 19.1. The molecule has 1 heterocycles. The summed E-state index contributed by atoms with van der Waals surface area (Å²) < 4.78 is 18.8. The molecule has 1 aromatic carbocycles. The summed E-state index contributed by atoms with van der Waals surface area (Å²) in [6, 6.07) is 7.14. The minimum absolute atomic E-state index is 0.0218. The molecule has 2 rings (SSSR count). The van der Waals surface area contributed by atoms with Gasteiger partial charge in [0.25, 0.3) is 0 Å². The molecule has 18 heavy (non-hydrogen) atoms. The first-order chi connectivity index (χ1) is 8.58. The standard InChI is InChI=1S/C12H9FN4O/c1-7-16-11(15)5-12(17-7)18-10-3-2-8(6-14)4-9(10)13/h2-5H,1H3,(H2,15,16,17).